The largest absolute Gasteiger partial charge is 0.396 e. The van der Waals surface area contributed by atoms with E-state index in [1.165, 1.54) is 0 Å². The van der Waals surface area contributed by atoms with Crippen LogP contribution in [0.25, 0.3) is 0 Å². The zero-order valence-corrected chi connectivity index (χ0v) is 5.44. The molecule has 1 aromatic heterocycles. The SMILES string of the molecule is CCc1c[nH]c(N)c1N. The number of rotatable bonds is 1. The first-order valence-electron chi connectivity index (χ1n) is 2.97. The maximum Gasteiger partial charge on any atom is 0.124 e. The minimum atomic E-state index is 0.576. The van der Waals surface area contributed by atoms with Crippen LogP contribution in [-0.2, 0) is 6.42 Å². The van der Waals surface area contributed by atoms with Gasteiger partial charge >= 0.3 is 0 Å². The van der Waals surface area contributed by atoms with E-state index in [4.69, 9.17) is 11.5 Å². The zero-order valence-electron chi connectivity index (χ0n) is 5.44. The lowest BCUT2D eigenvalue weighted by Crippen LogP contribution is -1.93. The van der Waals surface area contributed by atoms with Crippen LogP contribution in [0.4, 0.5) is 11.5 Å². The third-order valence-electron chi connectivity index (χ3n) is 1.42. The lowest BCUT2D eigenvalue weighted by molar-refractivity contribution is 1.15. The number of hydrogen-bond acceptors (Lipinski definition) is 2. The van der Waals surface area contributed by atoms with Crippen molar-refractivity contribution in [2.24, 2.45) is 0 Å². The second kappa shape index (κ2) is 2.01. The van der Waals surface area contributed by atoms with E-state index in [1.807, 2.05) is 13.1 Å². The van der Waals surface area contributed by atoms with Crippen LogP contribution in [0.15, 0.2) is 6.20 Å². The van der Waals surface area contributed by atoms with Gasteiger partial charge in [0.15, 0.2) is 0 Å². The molecule has 0 aromatic carbocycles. The van der Waals surface area contributed by atoms with Gasteiger partial charge in [-0.25, -0.2) is 0 Å². The molecule has 0 spiro atoms. The number of hydrogen-bond donors (Lipinski definition) is 3. The lowest BCUT2D eigenvalue weighted by Gasteiger charge is -1.91. The molecule has 0 atom stereocenters. The van der Waals surface area contributed by atoms with E-state index in [-0.39, 0.29) is 0 Å². The number of aromatic amines is 1. The van der Waals surface area contributed by atoms with Gasteiger partial charge in [-0.05, 0) is 12.0 Å². The van der Waals surface area contributed by atoms with E-state index in [9.17, 15) is 0 Å². The average Bonchev–Trinajstić information content (AvgIpc) is 2.15. The van der Waals surface area contributed by atoms with Crippen LogP contribution in [0.1, 0.15) is 12.5 Å². The average molecular weight is 125 g/mol. The van der Waals surface area contributed by atoms with Gasteiger partial charge in [-0.3, -0.25) is 0 Å². The van der Waals surface area contributed by atoms with E-state index in [0.717, 1.165) is 12.0 Å². The molecule has 0 aliphatic carbocycles. The van der Waals surface area contributed by atoms with Gasteiger partial charge in [0.2, 0.25) is 0 Å². The Balaban J connectivity index is 3.04. The predicted molar refractivity (Wildman–Crippen MR) is 39.0 cm³/mol. The Kier molecular flexibility index (Phi) is 1.34. The molecule has 0 fully saturated rings. The molecule has 3 heteroatoms. The fraction of sp³-hybridized carbons (Fsp3) is 0.333. The molecule has 0 amide bonds. The Morgan fingerprint density at radius 3 is 2.44 bits per heavy atom. The molecule has 0 aliphatic heterocycles. The van der Waals surface area contributed by atoms with Crippen molar-refractivity contribution in [2.75, 3.05) is 11.5 Å². The van der Waals surface area contributed by atoms with Gasteiger partial charge in [0.25, 0.3) is 0 Å². The Bertz CT molecular complexity index is 202. The Labute approximate surface area is 54.1 Å². The summed E-state index contributed by atoms with van der Waals surface area (Å²) in [5.74, 6) is 0.576. The summed E-state index contributed by atoms with van der Waals surface area (Å²) in [5, 5.41) is 0. The first-order valence-corrected chi connectivity index (χ1v) is 2.97. The third kappa shape index (κ3) is 0.850. The summed E-state index contributed by atoms with van der Waals surface area (Å²) in [5.41, 5.74) is 12.8. The fourth-order valence-corrected chi connectivity index (χ4v) is 0.786. The summed E-state index contributed by atoms with van der Waals surface area (Å²) in [6.07, 6.45) is 2.77. The quantitative estimate of drug-likeness (QED) is 0.518. The monoisotopic (exact) mass is 125 g/mol. The molecular weight excluding hydrogens is 114 g/mol. The van der Waals surface area contributed by atoms with Gasteiger partial charge in [-0.1, -0.05) is 6.92 Å². The van der Waals surface area contributed by atoms with Gasteiger partial charge in [0, 0.05) is 6.20 Å². The minimum Gasteiger partial charge on any atom is -0.396 e. The van der Waals surface area contributed by atoms with Gasteiger partial charge < -0.3 is 16.5 Å². The summed E-state index contributed by atoms with van der Waals surface area (Å²) < 4.78 is 0. The molecule has 0 bridgehead atoms. The number of anilines is 2. The second-order valence-electron chi connectivity index (χ2n) is 1.99. The number of nitrogens with one attached hydrogen (secondary N) is 1. The van der Waals surface area contributed by atoms with Gasteiger partial charge in [-0.15, -0.1) is 0 Å². The van der Waals surface area contributed by atoms with Gasteiger partial charge in [0.05, 0.1) is 5.69 Å². The van der Waals surface area contributed by atoms with Crippen LogP contribution in [-0.4, -0.2) is 4.98 Å². The van der Waals surface area contributed by atoms with Crippen molar-refractivity contribution in [3.8, 4) is 0 Å². The van der Waals surface area contributed by atoms with Gasteiger partial charge in [0.1, 0.15) is 5.82 Å². The standard InChI is InChI=1S/C6H11N3/c1-2-4-3-9-6(8)5(4)7/h3,9H,2,7-8H2,1H3. The van der Waals surface area contributed by atoms with Crippen LogP contribution in [0.3, 0.4) is 0 Å². The molecule has 0 aliphatic rings. The smallest absolute Gasteiger partial charge is 0.124 e. The van der Waals surface area contributed by atoms with Crippen molar-refractivity contribution >= 4 is 11.5 Å². The molecule has 0 saturated carbocycles. The highest BCUT2D eigenvalue weighted by molar-refractivity contribution is 5.63. The predicted octanol–water partition coefficient (Wildman–Crippen LogP) is 0.742. The van der Waals surface area contributed by atoms with Crippen molar-refractivity contribution in [2.45, 2.75) is 13.3 Å². The fourth-order valence-electron chi connectivity index (χ4n) is 0.786. The van der Waals surface area contributed by atoms with Crippen LogP contribution in [0.2, 0.25) is 0 Å². The van der Waals surface area contributed by atoms with Crippen molar-refractivity contribution in [1.82, 2.24) is 4.98 Å². The summed E-state index contributed by atoms with van der Waals surface area (Å²) in [7, 11) is 0. The van der Waals surface area contributed by atoms with Crippen molar-refractivity contribution in [1.29, 1.82) is 0 Å². The van der Waals surface area contributed by atoms with Crippen molar-refractivity contribution < 1.29 is 0 Å². The van der Waals surface area contributed by atoms with Crippen LogP contribution in [0.5, 0.6) is 0 Å². The van der Waals surface area contributed by atoms with Crippen LogP contribution in [0, 0.1) is 0 Å². The molecule has 0 radical (unpaired) electrons. The molecule has 3 nitrogen and oxygen atoms in total. The maximum atomic E-state index is 5.56. The number of nitrogen functional groups attached to an aromatic ring is 2. The van der Waals surface area contributed by atoms with E-state index in [0.29, 0.717) is 11.5 Å². The molecule has 0 saturated heterocycles. The molecule has 1 aromatic rings. The number of aryl methyl sites for hydroxylation is 1. The van der Waals surface area contributed by atoms with Crippen molar-refractivity contribution in [3.05, 3.63) is 11.8 Å². The van der Waals surface area contributed by atoms with E-state index in [1.54, 1.807) is 0 Å². The number of aromatic nitrogens is 1. The normalized spacial score (nSPS) is 9.89. The summed E-state index contributed by atoms with van der Waals surface area (Å²) in [4.78, 5) is 2.84. The minimum absolute atomic E-state index is 0.576. The molecule has 50 valence electrons. The number of nitrogens with two attached hydrogens (primary N) is 2. The molecule has 5 N–H and O–H groups in total. The zero-order chi connectivity index (χ0) is 6.85. The first-order chi connectivity index (χ1) is 4.25. The molecule has 1 heterocycles. The third-order valence-corrected chi connectivity index (χ3v) is 1.42. The summed E-state index contributed by atoms with van der Waals surface area (Å²) >= 11 is 0. The van der Waals surface area contributed by atoms with Crippen molar-refractivity contribution in [3.63, 3.8) is 0 Å². The highest BCUT2D eigenvalue weighted by Crippen LogP contribution is 2.17. The lowest BCUT2D eigenvalue weighted by atomic mass is 10.2. The molecule has 9 heavy (non-hydrogen) atoms. The Morgan fingerprint density at radius 1 is 1.56 bits per heavy atom. The summed E-state index contributed by atoms with van der Waals surface area (Å²) in [6, 6.07) is 0. The van der Waals surface area contributed by atoms with E-state index < -0.39 is 0 Å². The van der Waals surface area contributed by atoms with Crippen LogP contribution < -0.4 is 11.5 Å². The Hall–Kier alpha value is -1.12. The highest BCUT2D eigenvalue weighted by Gasteiger charge is 2.00. The van der Waals surface area contributed by atoms with Gasteiger partial charge in [-0.2, -0.15) is 0 Å². The molecular formula is C6H11N3. The second-order valence-corrected chi connectivity index (χ2v) is 1.99. The van der Waals surface area contributed by atoms with E-state index in [2.05, 4.69) is 4.98 Å². The summed E-state index contributed by atoms with van der Waals surface area (Å²) in [6.45, 7) is 2.04. The Morgan fingerprint density at radius 2 is 2.22 bits per heavy atom. The molecule has 1 rings (SSSR count). The molecule has 0 unspecified atom stereocenters. The topological polar surface area (TPSA) is 67.8 Å². The highest BCUT2D eigenvalue weighted by atomic mass is 14.9. The van der Waals surface area contributed by atoms with E-state index >= 15 is 0 Å². The first kappa shape index (κ1) is 6.01. The van der Waals surface area contributed by atoms with Crippen LogP contribution >= 0.6 is 0 Å². The maximum absolute atomic E-state index is 5.56. The number of H-pyrrole nitrogens is 1.